The summed E-state index contributed by atoms with van der Waals surface area (Å²) in [7, 11) is 1.58. The van der Waals surface area contributed by atoms with Gasteiger partial charge in [0.1, 0.15) is 5.82 Å². The number of hydrogen-bond acceptors (Lipinski definition) is 4. The fourth-order valence-corrected chi connectivity index (χ4v) is 3.22. The Morgan fingerprint density at radius 3 is 2.26 bits per heavy atom. The fourth-order valence-electron chi connectivity index (χ4n) is 3.22. The molecule has 1 aliphatic heterocycles. The molecule has 5 nitrogen and oxygen atoms in total. The smallest absolute Gasteiger partial charge is 0.263 e. The van der Waals surface area contributed by atoms with Crippen molar-refractivity contribution in [2.45, 2.75) is 19.4 Å². The highest BCUT2D eigenvalue weighted by atomic mass is 19.1. The van der Waals surface area contributed by atoms with E-state index in [0.29, 0.717) is 44.1 Å². The van der Waals surface area contributed by atoms with Crippen molar-refractivity contribution in [3.05, 3.63) is 54.3 Å². The van der Waals surface area contributed by atoms with Crippen LogP contribution in [0.4, 0.5) is 10.1 Å². The van der Waals surface area contributed by atoms with E-state index in [-0.39, 0.29) is 11.7 Å². The van der Waals surface area contributed by atoms with Crippen LogP contribution in [0.25, 0.3) is 0 Å². The van der Waals surface area contributed by atoms with Gasteiger partial charge in [-0.3, -0.25) is 4.79 Å². The number of halogens is 1. The third-order valence-electron chi connectivity index (χ3n) is 4.77. The molecule has 0 aromatic heterocycles. The number of amides is 1. The predicted octanol–water partition coefficient (Wildman–Crippen LogP) is 3.34. The molecule has 0 radical (unpaired) electrons. The summed E-state index contributed by atoms with van der Waals surface area (Å²) in [5, 5.41) is 0. The number of methoxy groups -OCH3 is 1. The van der Waals surface area contributed by atoms with Crippen molar-refractivity contribution < 1.29 is 18.7 Å². The summed E-state index contributed by atoms with van der Waals surface area (Å²) in [6.07, 6.45) is 0.0355. The van der Waals surface area contributed by atoms with E-state index < -0.39 is 6.10 Å². The number of ether oxygens (including phenoxy) is 2. The molecule has 1 amide bonds. The van der Waals surface area contributed by atoms with E-state index in [4.69, 9.17) is 9.47 Å². The summed E-state index contributed by atoms with van der Waals surface area (Å²) >= 11 is 0. The molecule has 1 saturated heterocycles. The molecule has 0 aliphatic carbocycles. The Morgan fingerprint density at radius 2 is 1.67 bits per heavy atom. The standard InChI is InChI=1S/C21H25FN2O3/c1-3-18(27-20-7-5-4-6-19(20)26-2)21(25)24-14-12-23(13-15-24)17-10-8-16(22)9-11-17/h4-11,18H,3,12-15H2,1-2H3/t18-/m1/s1. The van der Waals surface area contributed by atoms with E-state index in [1.165, 1.54) is 12.1 Å². The Hall–Kier alpha value is -2.76. The lowest BCUT2D eigenvalue weighted by Gasteiger charge is -2.37. The molecule has 0 N–H and O–H groups in total. The summed E-state index contributed by atoms with van der Waals surface area (Å²) in [5.74, 6) is 0.934. The third kappa shape index (κ3) is 4.51. The van der Waals surface area contributed by atoms with Gasteiger partial charge in [-0.05, 0) is 42.8 Å². The third-order valence-corrected chi connectivity index (χ3v) is 4.77. The molecule has 2 aromatic carbocycles. The van der Waals surface area contributed by atoms with Crippen molar-refractivity contribution in [2.24, 2.45) is 0 Å². The maximum atomic E-state index is 13.1. The highest BCUT2D eigenvalue weighted by Crippen LogP contribution is 2.28. The zero-order valence-corrected chi connectivity index (χ0v) is 15.7. The first-order valence-electron chi connectivity index (χ1n) is 9.21. The molecule has 0 unspecified atom stereocenters. The number of hydrogen-bond donors (Lipinski definition) is 0. The van der Waals surface area contributed by atoms with Crippen LogP contribution in [0.3, 0.4) is 0 Å². The minimum atomic E-state index is -0.543. The van der Waals surface area contributed by atoms with Crippen molar-refractivity contribution >= 4 is 11.6 Å². The van der Waals surface area contributed by atoms with Crippen LogP contribution in [0.2, 0.25) is 0 Å². The van der Waals surface area contributed by atoms with E-state index in [0.717, 1.165) is 5.69 Å². The molecule has 27 heavy (non-hydrogen) atoms. The quantitative estimate of drug-likeness (QED) is 0.780. The predicted molar refractivity (Wildman–Crippen MR) is 103 cm³/mol. The Balaban J connectivity index is 1.60. The van der Waals surface area contributed by atoms with E-state index >= 15 is 0 Å². The van der Waals surface area contributed by atoms with Crippen LogP contribution in [-0.4, -0.2) is 50.2 Å². The zero-order valence-electron chi connectivity index (χ0n) is 15.7. The number of carbonyl (C=O) groups is 1. The largest absolute Gasteiger partial charge is 0.493 e. The molecule has 1 fully saturated rings. The Kier molecular flexibility index (Phi) is 6.16. The summed E-state index contributed by atoms with van der Waals surface area (Å²) < 4.78 is 24.3. The molecule has 0 bridgehead atoms. The normalized spacial score (nSPS) is 15.4. The van der Waals surface area contributed by atoms with E-state index in [2.05, 4.69) is 4.90 Å². The van der Waals surface area contributed by atoms with Crippen LogP contribution in [-0.2, 0) is 4.79 Å². The van der Waals surface area contributed by atoms with Crippen LogP contribution in [0, 0.1) is 5.82 Å². The lowest BCUT2D eigenvalue weighted by atomic mass is 10.2. The zero-order chi connectivity index (χ0) is 19.2. The van der Waals surface area contributed by atoms with Gasteiger partial charge in [-0.25, -0.2) is 4.39 Å². The molecule has 1 aliphatic rings. The molecule has 1 atom stereocenters. The highest BCUT2D eigenvalue weighted by molar-refractivity contribution is 5.81. The van der Waals surface area contributed by atoms with Crippen molar-refractivity contribution in [3.8, 4) is 11.5 Å². The minimum absolute atomic E-state index is 0.0119. The van der Waals surface area contributed by atoms with Crippen molar-refractivity contribution in [1.29, 1.82) is 0 Å². The number of nitrogens with zero attached hydrogens (tertiary/aromatic N) is 2. The van der Waals surface area contributed by atoms with Crippen LogP contribution in [0.1, 0.15) is 13.3 Å². The second-order valence-corrected chi connectivity index (χ2v) is 6.45. The average Bonchev–Trinajstić information content (AvgIpc) is 2.72. The van der Waals surface area contributed by atoms with Gasteiger partial charge in [-0.1, -0.05) is 19.1 Å². The molecule has 0 spiro atoms. The van der Waals surface area contributed by atoms with Gasteiger partial charge >= 0.3 is 0 Å². The molecule has 2 aromatic rings. The molecular weight excluding hydrogens is 347 g/mol. The van der Waals surface area contributed by atoms with Gasteiger partial charge in [0.15, 0.2) is 17.6 Å². The maximum Gasteiger partial charge on any atom is 0.263 e. The van der Waals surface area contributed by atoms with Crippen LogP contribution < -0.4 is 14.4 Å². The number of benzene rings is 2. The Labute approximate surface area is 159 Å². The van der Waals surface area contributed by atoms with Gasteiger partial charge in [0, 0.05) is 31.9 Å². The molecule has 6 heteroatoms. The second-order valence-electron chi connectivity index (χ2n) is 6.45. The first-order valence-corrected chi connectivity index (χ1v) is 9.21. The van der Waals surface area contributed by atoms with Crippen LogP contribution in [0.15, 0.2) is 48.5 Å². The fraction of sp³-hybridized carbons (Fsp3) is 0.381. The van der Waals surface area contributed by atoms with Gasteiger partial charge in [0.2, 0.25) is 0 Å². The molecule has 1 heterocycles. The first-order chi connectivity index (χ1) is 13.1. The van der Waals surface area contributed by atoms with Crippen molar-refractivity contribution in [3.63, 3.8) is 0 Å². The monoisotopic (exact) mass is 372 g/mol. The Morgan fingerprint density at radius 1 is 1.04 bits per heavy atom. The summed E-state index contributed by atoms with van der Waals surface area (Å²) in [4.78, 5) is 16.9. The lowest BCUT2D eigenvalue weighted by Crippen LogP contribution is -2.52. The lowest BCUT2D eigenvalue weighted by molar-refractivity contribution is -0.139. The molecule has 0 saturated carbocycles. The Bertz CT molecular complexity index is 758. The second kappa shape index (κ2) is 8.75. The first kappa shape index (κ1) is 19.0. The average molecular weight is 372 g/mol. The molecular formula is C21H25FN2O3. The molecule has 3 rings (SSSR count). The summed E-state index contributed by atoms with van der Waals surface area (Å²) in [5.41, 5.74) is 0.973. The van der Waals surface area contributed by atoms with Gasteiger partial charge < -0.3 is 19.3 Å². The number of carbonyl (C=O) groups excluding carboxylic acids is 1. The number of piperazine rings is 1. The summed E-state index contributed by atoms with van der Waals surface area (Å²) in [6.45, 7) is 4.58. The van der Waals surface area contributed by atoms with Crippen LogP contribution >= 0.6 is 0 Å². The van der Waals surface area contributed by atoms with E-state index in [9.17, 15) is 9.18 Å². The van der Waals surface area contributed by atoms with Crippen molar-refractivity contribution in [1.82, 2.24) is 4.90 Å². The van der Waals surface area contributed by atoms with Crippen molar-refractivity contribution in [2.75, 3.05) is 38.2 Å². The number of anilines is 1. The molecule has 144 valence electrons. The topological polar surface area (TPSA) is 42.0 Å². The maximum absolute atomic E-state index is 13.1. The van der Waals surface area contributed by atoms with Gasteiger partial charge in [0.25, 0.3) is 5.91 Å². The SMILES string of the molecule is CC[C@@H](Oc1ccccc1OC)C(=O)N1CCN(c2ccc(F)cc2)CC1. The summed E-state index contributed by atoms with van der Waals surface area (Å²) in [6, 6.07) is 13.8. The van der Waals surface area contributed by atoms with E-state index in [1.54, 1.807) is 25.3 Å². The van der Waals surface area contributed by atoms with Gasteiger partial charge in [-0.2, -0.15) is 0 Å². The number of rotatable bonds is 6. The number of para-hydroxylation sites is 2. The van der Waals surface area contributed by atoms with E-state index in [1.807, 2.05) is 30.0 Å². The minimum Gasteiger partial charge on any atom is -0.493 e. The van der Waals surface area contributed by atoms with Gasteiger partial charge in [0.05, 0.1) is 7.11 Å². The highest BCUT2D eigenvalue weighted by Gasteiger charge is 2.28. The van der Waals surface area contributed by atoms with Crippen LogP contribution in [0.5, 0.6) is 11.5 Å². The van der Waals surface area contributed by atoms with Gasteiger partial charge in [-0.15, -0.1) is 0 Å².